The molecule has 0 fully saturated rings. The number of rotatable bonds is 4. The van der Waals surface area contributed by atoms with Gasteiger partial charge in [0.15, 0.2) is 0 Å². The number of carbonyl (C=O) groups is 2. The zero-order valence-corrected chi connectivity index (χ0v) is 12.8. The number of imide groups is 1. The summed E-state index contributed by atoms with van der Waals surface area (Å²) in [5, 5.41) is 10.9. The van der Waals surface area contributed by atoms with E-state index < -0.39 is 22.3 Å². The van der Waals surface area contributed by atoms with Gasteiger partial charge in [0, 0.05) is 24.7 Å². The van der Waals surface area contributed by atoms with Crippen molar-refractivity contribution in [3.63, 3.8) is 0 Å². The molecule has 0 atom stereocenters. The molecule has 8 nitrogen and oxygen atoms in total. The van der Waals surface area contributed by atoms with Gasteiger partial charge in [-0.1, -0.05) is 12.1 Å². The molecule has 0 radical (unpaired) electrons. The summed E-state index contributed by atoms with van der Waals surface area (Å²) in [5.41, 5.74) is 0.272. The molecule has 2 aromatic rings. The van der Waals surface area contributed by atoms with Crippen molar-refractivity contribution in [3.8, 4) is 0 Å². The highest BCUT2D eigenvalue weighted by Gasteiger charge is 2.34. The number of carbonyl (C=O) groups excluding carboxylic acids is 2. The van der Waals surface area contributed by atoms with Crippen molar-refractivity contribution in [2.75, 3.05) is 6.54 Å². The summed E-state index contributed by atoms with van der Waals surface area (Å²) in [4.78, 5) is 48.0. The summed E-state index contributed by atoms with van der Waals surface area (Å²) in [6.45, 7) is 1.44. The van der Waals surface area contributed by atoms with Gasteiger partial charge in [0.1, 0.15) is 0 Å². The molecule has 3 rings (SSSR count). The standard InChI is InChI=1S/C16H13N3O5/c1-10-8-11(19(23)24)9-17(14(10)20)6-7-18-15(21)12-4-2-3-5-13(12)16(18)22/h2-5,8-9H,6-7H2,1H3. The quantitative estimate of drug-likeness (QED) is 0.479. The number of pyridine rings is 1. The lowest BCUT2D eigenvalue weighted by Gasteiger charge is -2.15. The third-order valence-corrected chi connectivity index (χ3v) is 3.90. The zero-order chi connectivity index (χ0) is 17.4. The van der Waals surface area contributed by atoms with E-state index in [4.69, 9.17) is 0 Å². The maximum Gasteiger partial charge on any atom is 0.286 e. The number of aryl methyl sites for hydroxylation is 1. The van der Waals surface area contributed by atoms with E-state index in [0.29, 0.717) is 11.1 Å². The molecule has 0 N–H and O–H groups in total. The van der Waals surface area contributed by atoms with Crippen LogP contribution in [0, 0.1) is 17.0 Å². The van der Waals surface area contributed by atoms with Crippen LogP contribution in [0.5, 0.6) is 0 Å². The fourth-order valence-corrected chi connectivity index (χ4v) is 2.68. The lowest BCUT2D eigenvalue weighted by Crippen LogP contribution is -2.35. The summed E-state index contributed by atoms with van der Waals surface area (Å²) < 4.78 is 1.15. The summed E-state index contributed by atoms with van der Waals surface area (Å²) >= 11 is 0. The van der Waals surface area contributed by atoms with Crippen LogP contribution >= 0.6 is 0 Å². The highest BCUT2D eigenvalue weighted by atomic mass is 16.6. The fraction of sp³-hybridized carbons (Fsp3) is 0.188. The molecular formula is C16H13N3O5. The third kappa shape index (κ3) is 2.47. The molecule has 8 heteroatoms. The predicted octanol–water partition coefficient (Wildman–Crippen LogP) is 1.36. The SMILES string of the molecule is Cc1cc([N+](=O)[O-])cn(CCN2C(=O)c3ccccc3C2=O)c1=O. The van der Waals surface area contributed by atoms with Gasteiger partial charge in [0.05, 0.1) is 22.2 Å². The first-order chi connectivity index (χ1) is 11.4. The number of hydrogen-bond acceptors (Lipinski definition) is 5. The van der Waals surface area contributed by atoms with Crippen molar-refractivity contribution in [2.45, 2.75) is 13.5 Å². The van der Waals surface area contributed by atoms with E-state index in [0.717, 1.165) is 15.7 Å². The van der Waals surface area contributed by atoms with Gasteiger partial charge in [0.25, 0.3) is 23.1 Å². The predicted molar refractivity (Wildman–Crippen MR) is 83.9 cm³/mol. The van der Waals surface area contributed by atoms with Crippen LogP contribution in [0.3, 0.4) is 0 Å². The maximum atomic E-state index is 12.3. The van der Waals surface area contributed by atoms with Crippen LogP contribution in [0.1, 0.15) is 26.3 Å². The lowest BCUT2D eigenvalue weighted by molar-refractivity contribution is -0.385. The van der Waals surface area contributed by atoms with Gasteiger partial charge in [-0.3, -0.25) is 29.4 Å². The Morgan fingerprint density at radius 3 is 2.17 bits per heavy atom. The van der Waals surface area contributed by atoms with Crippen molar-refractivity contribution in [3.05, 3.63) is 73.7 Å². The Kier molecular flexibility index (Phi) is 3.72. The number of amides is 2. The van der Waals surface area contributed by atoms with Gasteiger partial charge < -0.3 is 4.57 Å². The summed E-state index contributed by atoms with van der Waals surface area (Å²) in [7, 11) is 0. The Labute approximate surface area is 136 Å². The molecule has 0 saturated heterocycles. The second kappa shape index (κ2) is 5.73. The molecule has 0 spiro atoms. The van der Waals surface area contributed by atoms with E-state index in [1.807, 2.05) is 0 Å². The van der Waals surface area contributed by atoms with Crippen molar-refractivity contribution >= 4 is 17.5 Å². The average Bonchev–Trinajstić information content (AvgIpc) is 2.80. The van der Waals surface area contributed by atoms with Crippen LogP contribution in [-0.4, -0.2) is 32.7 Å². The van der Waals surface area contributed by atoms with Crippen molar-refractivity contribution in [2.24, 2.45) is 0 Å². The maximum absolute atomic E-state index is 12.3. The zero-order valence-electron chi connectivity index (χ0n) is 12.8. The number of nitro groups is 1. The molecule has 2 amide bonds. The molecule has 1 aliphatic heterocycles. The first kappa shape index (κ1) is 15.6. The molecule has 24 heavy (non-hydrogen) atoms. The molecule has 1 aromatic carbocycles. The van der Waals surface area contributed by atoms with Crippen molar-refractivity contribution < 1.29 is 14.5 Å². The monoisotopic (exact) mass is 327 g/mol. The Hall–Kier alpha value is -3.29. The highest BCUT2D eigenvalue weighted by molar-refractivity contribution is 6.21. The van der Waals surface area contributed by atoms with E-state index in [1.165, 1.54) is 13.0 Å². The second-order valence-electron chi connectivity index (χ2n) is 5.44. The van der Waals surface area contributed by atoms with Crippen molar-refractivity contribution in [1.29, 1.82) is 0 Å². The molecule has 0 saturated carbocycles. The van der Waals surface area contributed by atoms with Gasteiger partial charge in [-0.2, -0.15) is 0 Å². The Morgan fingerprint density at radius 1 is 1.04 bits per heavy atom. The number of fused-ring (bicyclic) bond motifs is 1. The van der Waals surface area contributed by atoms with Crippen LogP contribution < -0.4 is 5.56 Å². The molecule has 122 valence electrons. The second-order valence-corrected chi connectivity index (χ2v) is 5.44. The van der Waals surface area contributed by atoms with E-state index in [9.17, 15) is 24.5 Å². The van der Waals surface area contributed by atoms with E-state index in [2.05, 4.69) is 0 Å². The normalized spacial score (nSPS) is 13.3. The molecular weight excluding hydrogens is 314 g/mol. The van der Waals surface area contributed by atoms with Crippen molar-refractivity contribution in [1.82, 2.24) is 9.47 Å². The minimum atomic E-state index is -0.592. The number of nitrogens with zero attached hydrogens (tertiary/aromatic N) is 3. The molecule has 1 aliphatic rings. The number of benzene rings is 1. The van der Waals surface area contributed by atoms with E-state index in [-0.39, 0.29) is 24.3 Å². The molecule has 0 aliphatic carbocycles. The Bertz CT molecular complexity index is 897. The van der Waals surface area contributed by atoms with Gasteiger partial charge >= 0.3 is 0 Å². The van der Waals surface area contributed by atoms with Gasteiger partial charge in [-0.15, -0.1) is 0 Å². The molecule has 2 heterocycles. The topological polar surface area (TPSA) is 103 Å². The van der Waals surface area contributed by atoms with Crippen LogP contribution in [0.2, 0.25) is 0 Å². The van der Waals surface area contributed by atoms with E-state index >= 15 is 0 Å². The smallest absolute Gasteiger partial charge is 0.286 e. The minimum Gasteiger partial charge on any atom is -0.307 e. The van der Waals surface area contributed by atoms with Crippen LogP contribution in [0.25, 0.3) is 0 Å². The Morgan fingerprint density at radius 2 is 1.62 bits per heavy atom. The number of aromatic nitrogens is 1. The average molecular weight is 327 g/mol. The largest absolute Gasteiger partial charge is 0.307 e. The van der Waals surface area contributed by atoms with Gasteiger partial charge in [-0.25, -0.2) is 0 Å². The lowest BCUT2D eigenvalue weighted by atomic mass is 10.1. The van der Waals surface area contributed by atoms with Crippen LogP contribution in [-0.2, 0) is 6.54 Å². The summed E-state index contributed by atoms with van der Waals surface area (Å²) in [6.07, 6.45) is 1.12. The summed E-state index contributed by atoms with van der Waals surface area (Å²) in [6, 6.07) is 7.67. The van der Waals surface area contributed by atoms with Gasteiger partial charge in [-0.05, 0) is 19.1 Å². The fourth-order valence-electron chi connectivity index (χ4n) is 2.68. The minimum absolute atomic E-state index is 0.00712. The first-order valence-electron chi connectivity index (χ1n) is 7.21. The van der Waals surface area contributed by atoms with Gasteiger partial charge in [0.2, 0.25) is 0 Å². The first-order valence-corrected chi connectivity index (χ1v) is 7.21. The van der Waals surface area contributed by atoms with Crippen LogP contribution in [0.15, 0.2) is 41.3 Å². The van der Waals surface area contributed by atoms with E-state index in [1.54, 1.807) is 24.3 Å². The summed E-state index contributed by atoms with van der Waals surface area (Å²) in [5.74, 6) is -0.850. The molecule has 0 unspecified atom stereocenters. The Balaban J connectivity index is 1.85. The molecule has 1 aromatic heterocycles. The molecule has 0 bridgehead atoms. The number of hydrogen-bond donors (Lipinski definition) is 0. The third-order valence-electron chi connectivity index (χ3n) is 3.90. The van der Waals surface area contributed by atoms with Crippen LogP contribution in [0.4, 0.5) is 5.69 Å². The highest BCUT2D eigenvalue weighted by Crippen LogP contribution is 2.22.